The fraction of sp³-hybridized carbons (Fsp3) is 0.385. The molecule has 7 heteroatoms. The third-order valence-electron chi connectivity index (χ3n) is 6.05. The van der Waals surface area contributed by atoms with E-state index in [2.05, 4.69) is 58.6 Å². The highest BCUT2D eigenvalue weighted by Crippen LogP contribution is 2.31. The fourth-order valence-corrected chi connectivity index (χ4v) is 4.25. The Balaban J connectivity index is 1.65. The SMILES string of the molecule is CCCCc1nc2c(NN)nc3ccccc3c2n1Cc1ccc(CNCCCCN)cc1. The minimum atomic E-state index is 0.622. The Morgan fingerprint density at radius 3 is 2.48 bits per heavy atom. The lowest BCUT2D eigenvalue weighted by atomic mass is 10.1. The average molecular weight is 446 g/mol. The first-order chi connectivity index (χ1) is 16.2. The number of hydrogen-bond acceptors (Lipinski definition) is 6. The highest BCUT2D eigenvalue weighted by Gasteiger charge is 2.18. The molecule has 33 heavy (non-hydrogen) atoms. The third-order valence-corrected chi connectivity index (χ3v) is 6.05. The van der Waals surface area contributed by atoms with E-state index in [0.717, 1.165) is 86.0 Å². The Bertz CT molecular complexity index is 1180. The topological polar surface area (TPSA) is 107 Å². The molecule has 0 bridgehead atoms. The van der Waals surface area contributed by atoms with Gasteiger partial charge in [0.1, 0.15) is 11.3 Å². The van der Waals surface area contributed by atoms with Crippen molar-refractivity contribution in [3.8, 4) is 0 Å². The van der Waals surface area contributed by atoms with Crippen molar-refractivity contribution in [3.63, 3.8) is 0 Å². The predicted octanol–water partition coefficient (Wildman–Crippen LogP) is 4.09. The van der Waals surface area contributed by atoms with E-state index in [1.54, 1.807) is 0 Å². The first-order valence-electron chi connectivity index (χ1n) is 12.0. The molecule has 2 heterocycles. The molecule has 2 aromatic carbocycles. The van der Waals surface area contributed by atoms with Crippen LogP contribution in [-0.2, 0) is 19.5 Å². The van der Waals surface area contributed by atoms with E-state index in [1.807, 2.05) is 12.1 Å². The van der Waals surface area contributed by atoms with Crippen molar-refractivity contribution in [3.05, 3.63) is 65.5 Å². The van der Waals surface area contributed by atoms with Crippen molar-refractivity contribution >= 4 is 27.8 Å². The number of nitrogens with two attached hydrogens (primary N) is 2. The molecule has 0 unspecified atom stereocenters. The Morgan fingerprint density at radius 1 is 0.939 bits per heavy atom. The Labute approximate surface area is 195 Å². The molecule has 0 aliphatic rings. The summed E-state index contributed by atoms with van der Waals surface area (Å²) >= 11 is 0. The van der Waals surface area contributed by atoms with Gasteiger partial charge in [-0.1, -0.05) is 55.8 Å². The largest absolute Gasteiger partial charge is 0.330 e. The van der Waals surface area contributed by atoms with Crippen LogP contribution in [0.1, 0.15) is 49.6 Å². The summed E-state index contributed by atoms with van der Waals surface area (Å²) in [7, 11) is 0. The minimum absolute atomic E-state index is 0.622. The van der Waals surface area contributed by atoms with E-state index in [9.17, 15) is 0 Å². The van der Waals surface area contributed by atoms with E-state index in [-0.39, 0.29) is 0 Å². The lowest BCUT2D eigenvalue weighted by molar-refractivity contribution is 0.627. The van der Waals surface area contributed by atoms with Crippen LogP contribution in [0.15, 0.2) is 48.5 Å². The molecule has 4 aromatic rings. The number of para-hydroxylation sites is 1. The van der Waals surface area contributed by atoms with Gasteiger partial charge in [-0.2, -0.15) is 0 Å². The van der Waals surface area contributed by atoms with Gasteiger partial charge in [0.15, 0.2) is 5.82 Å². The lowest BCUT2D eigenvalue weighted by Crippen LogP contribution is -2.15. The second kappa shape index (κ2) is 11.2. The molecule has 0 fully saturated rings. The number of hydrogen-bond donors (Lipinski definition) is 4. The molecular formula is C26H35N7. The van der Waals surface area contributed by atoms with Crippen molar-refractivity contribution in [2.75, 3.05) is 18.5 Å². The number of fused-ring (bicyclic) bond motifs is 3. The zero-order valence-electron chi connectivity index (χ0n) is 19.5. The number of rotatable bonds is 12. The van der Waals surface area contributed by atoms with Crippen LogP contribution in [0.5, 0.6) is 0 Å². The van der Waals surface area contributed by atoms with Crippen LogP contribution in [0.4, 0.5) is 5.82 Å². The van der Waals surface area contributed by atoms with Gasteiger partial charge >= 0.3 is 0 Å². The summed E-state index contributed by atoms with van der Waals surface area (Å²) in [6.45, 7) is 5.60. The molecule has 0 aliphatic carbocycles. The lowest BCUT2D eigenvalue weighted by Gasteiger charge is -2.12. The van der Waals surface area contributed by atoms with Crippen LogP contribution >= 0.6 is 0 Å². The zero-order chi connectivity index (χ0) is 23.0. The maximum atomic E-state index is 5.83. The smallest absolute Gasteiger partial charge is 0.168 e. The number of imidazole rings is 1. The van der Waals surface area contributed by atoms with Gasteiger partial charge in [0, 0.05) is 24.9 Å². The quantitative estimate of drug-likeness (QED) is 0.149. The van der Waals surface area contributed by atoms with Gasteiger partial charge in [-0.25, -0.2) is 15.8 Å². The van der Waals surface area contributed by atoms with Gasteiger partial charge < -0.3 is 21.0 Å². The summed E-state index contributed by atoms with van der Waals surface area (Å²) in [4.78, 5) is 9.69. The first-order valence-corrected chi connectivity index (χ1v) is 12.0. The number of aryl methyl sites for hydroxylation is 1. The van der Waals surface area contributed by atoms with Gasteiger partial charge in [0.05, 0.1) is 11.0 Å². The van der Waals surface area contributed by atoms with Crippen LogP contribution in [0.25, 0.3) is 21.9 Å². The normalized spacial score (nSPS) is 11.5. The Kier molecular flexibility index (Phi) is 7.88. The number of hydrazine groups is 1. The van der Waals surface area contributed by atoms with Crippen molar-refractivity contribution in [2.24, 2.45) is 11.6 Å². The fourth-order valence-electron chi connectivity index (χ4n) is 4.25. The number of anilines is 1. The minimum Gasteiger partial charge on any atom is -0.330 e. The van der Waals surface area contributed by atoms with Gasteiger partial charge in [0.25, 0.3) is 0 Å². The molecule has 6 N–H and O–H groups in total. The molecule has 0 aliphatic heterocycles. The third kappa shape index (κ3) is 5.33. The Morgan fingerprint density at radius 2 is 1.73 bits per heavy atom. The summed E-state index contributed by atoms with van der Waals surface area (Å²) in [5.41, 5.74) is 13.7. The molecule has 7 nitrogen and oxygen atoms in total. The van der Waals surface area contributed by atoms with E-state index in [0.29, 0.717) is 5.82 Å². The van der Waals surface area contributed by atoms with Crippen molar-refractivity contribution < 1.29 is 0 Å². The molecule has 0 saturated carbocycles. The summed E-state index contributed by atoms with van der Waals surface area (Å²) in [6, 6.07) is 17.1. The number of benzene rings is 2. The van der Waals surface area contributed by atoms with E-state index < -0.39 is 0 Å². The van der Waals surface area contributed by atoms with Gasteiger partial charge in [0.2, 0.25) is 0 Å². The molecule has 4 rings (SSSR count). The molecule has 0 spiro atoms. The van der Waals surface area contributed by atoms with Crippen LogP contribution in [0.2, 0.25) is 0 Å². The summed E-state index contributed by atoms with van der Waals surface area (Å²) < 4.78 is 2.34. The molecule has 0 radical (unpaired) electrons. The van der Waals surface area contributed by atoms with Crippen LogP contribution in [0.3, 0.4) is 0 Å². The van der Waals surface area contributed by atoms with Crippen LogP contribution < -0.4 is 22.3 Å². The van der Waals surface area contributed by atoms with Crippen LogP contribution in [0, 0.1) is 0 Å². The predicted molar refractivity (Wildman–Crippen MR) is 137 cm³/mol. The second-order valence-electron chi connectivity index (χ2n) is 8.53. The summed E-state index contributed by atoms with van der Waals surface area (Å²) in [5, 5.41) is 4.59. The zero-order valence-corrected chi connectivity index (χ0v) is 19.5. The van der Waals surface area contributed by atoms with E-state index in [4.69, 9.17) is 21.5 Å². The maximum Gasteiger partial charge on any atom is 0.168 e. The first kappa shape index (κ1) is 23.2. The molecule has 174 valence electrons. The van der Waals surface area contributed by atoms with Crippen molar-refractivity contribution in [1.82, 2.24) is 19.9 Å². The average Bonchev–Trinajstić information content (AvgIpc) is 3.21. The molecule has 0 amide bonds. The van der Waals surface area contributed by atoms with E-state index >= 15 is 0 Å². The monoisotopic (exact) mass is 445 g/mol. The number of nitrogens with one attached hydrogen (secondary N) is 2. The summed E-state index contributed by atoms with van der Waals surface area (Å²) in [6.07, 6.45) is 5.32. The van der Waals surface area contributed by atoms with Crippen molar-refractivity contribution in [1.29, 1.82) is 0 Å². The maximum absolute atomic E-state index is 5.83. The number of nitrogens with zero attached hydrogens (tertiary/aromatic N) is 3. The van der Waals surface area contributed by atoms with Crippen molar-refractivity contribution in [2.45, 2.75) is 52.1 Å². The van der Waals surface area contributed by atoms with Gasteiger partial charge in [-0.15, -0.1) is 0 Å². The second-order valence-corrected chi connectivity index (χ2v) is 8.53. The highest BCUT2D eigenvalue weighted by molar-refractivity contribution is 6.07. The number of pyridine rings is 1. The van der Waals surface area contributed by atoms with Gasteiger partial charge in [-0.3, -0.25) is 0 Å². The number of aromatic nitrogens is 3. The standard InChI is InChI=1S/C26H35N7/c1-2-3-10-23-31-24-25(21-8-4-5-9-22(21)30-26(24)32-28)33(23)18-20-13-11-19(12-14-20)17-29-16-7-6-15-27/h4-5,8-9,11-14,29H,2-3,6-7,10,15-18,27-28H2,1H3,(H,30,32). The molecule has 0 atom stereocenters. The molecular weight excluding hydrogens is 410 g/mol. The molecule has 0 saturated heterocycles. The van der Waals surface area contributed by atoms with E-state index in [1.165, 1.54) is 11.1 Å². The summed E-state index contributed by atoms with van der Waals surface area (Å²) in [5.74, 6) is 7.53. The number of nitrogen functional groups attached to an aromatic ring is 1. The molecule has 2 aromatic heterocycles. The number of unbranched alkanes of at least 4 members (excludes halogenated alkanes) is 2. The Hall–Kier alpha value is -3.00. The van der Waals surface area contributed by atoms with Crippen LogP contribution in [-0.4, -0.2) is 27.6 Å². The highest BCUT2D eigenvalue weighted by atomic mass is 15.3. The van der Waals surface area contributed by atoms with Gasteiger partial charge in [-0.05, 0) is 49.5 Å².